The quantitative estimate of drug-likeness (QED) is 0.206. The van der Waals surface area contributed by atoms with Crippen LogP contribution in [0.4, 0.5) is 5.69 Å². The summed E-state index contributed by atoms with van der Waals surface area (Å²) in [7, 11) is 0. The number of aryl methyl sites for hydroxylation is 1. The van der Waals surface area contributed by atoms with Crippen molar-refractivity contribution in [2.45, 2.75) is 31.1 Å². The van der Waals surface area contributed by atoms with Gasteiger partial charge in [-0.2, -0.15) is 5.10 Å². The predicted octanol–water partition coefficient (Wildman–Crippen LogP) is 7.11. The van der Waals surface area contributed by atoms with Crippen molar-refractivity contribution in [3.63, 3.8) is 0 Å². The number of carbonyl (C=O) groups excluding carboxylic acids is 2. The van der Waals surface area contributed by atoms with E-state index in [0.717, 1.165) is 39.1 Å². The zero-order valence-corrected chi connectivity index (χ0v) is 22.7. The van der Waals surface area contributed by atoms with Crippen LogP contribution in [0.1, 0.15) is 35.6 Å². The van der Waals surface area contributed by atoms with Crippen LogP contribution >= 0.6 is 46.6 Å². The van der Waals surface area contributed by atoms with Gasteiger partial charge in [0.05, 0.1) is 27.5 Å². The summed E-state index contributed by atoms with van der Waals surface area (Å²) in [5.41, 5.74) is 4.28. The van der Waals surface area contributed by atoms with Crippen LogP contribution in [0, 0.1) is 12.3 Å². The number of nitrogens with zero attached hydrogens (tertiary/aromatic N) is 3. The highest BCUT2D eigenvalue weighted by molar-refractivity contribution is 8.14. The molecule has 1 saturated heterocycles. The van der Waals surface area contributed by atoms with E-state index in [0.29, 0.717) is 22.2 Å². The molecule has 2 heterocycles. The number of rotatable bonds is 4. The van der Waals surface area contributed by atoms with Gasteiger partial charge in [0.15, 0.2) is 5.17 Å². The molecule has 1 fully saturated rings. The molecule has 2 aliphatic heterocycles. The number of anilines is 1. The molecule has 37 heavy (non-hydrogen) atoms. The van der Waals surface area contributed by atoms with Crippen molar-refractivity contribution >= 4 is 74.9 Å². The number of thioether (sulfide) groups is 1. The van der Waals surface area contributed by atoms with Crippen molar-refractivity contribution in [3.05, 3.63) is 98.5 Å². The summed E-state index contributed by atoms with van der Waals surface area (Å²) in [6.45, 7) is 2.02. The van der Waals surface area contributed by atoms with E-state index < -0.39 is 11.2 Å². The van der Waals surface area contributed by atoms with Crippen molar-refractivity contribution < 1.29 is 9.59 Å². The Morgan fingerprint density at radius 2 is 1.65 bits per heavy atom. The lowest BCUT2D eigenvalue weighted by Gasteiger charge is -2.24. The second-order valence-corrected chi connectivity index (χ2v) is 11.3. The maximum Gasteiger partial charge on any atom is 0.247 e. The third-order valence-corrected chi connectivity index (χ3v) is 8.33. The average molecular weight is 572 g/mol. The Kier molecular flexibility index (Phi) is 7.32. The smallest absolute Gasteiger partial charge is 0.247 e. The van der Waals surface area contributed by atoms with E-state index in [-0.39, 0.29) is 28.6 Å². The van der Waals surface area contributed by atoms with Crippen LogP contribution in [0.2, 0.25) is 15.1 Å². The molecule has 3 aromatic rings. The van der Waals surface area contributed by atoms with Crippen molar-refractivity contribution in [3.8, 4) is 0 Å². The Labute approximate surface area is 233 Å². The number of nitrogens with one attached hydrogen (secondary N) is 1. The lowest BCUT2D eigenvalue weighted by molar-refractivity contribution is -0.121. The highest BCUT2D eigenvalue weighted by Crippen LogP contribution is 2.38. The van der Waals surface area contributed by atoms with Crippen LogP contribution in [-0.4, -0.2) is 33.0 Å². The number of hydrogen-bond donors (Lipinski definition) is 1. The van der Waals surface area contributed by atoms with E-state index in [1.165, 1.54) is 6.07 Å². The fraction of sp³-hybridized carbons (Fsp3) is 0.185. The van der Waals surface area contributed by atoms with Crippen LogP contribution in [0.3, 0.4) is 0 Å². The Hall–Kier alpha value is -2.84. The number of hydrazone groups is 1. The molecule has 0 bridgehead atoms. The zero-order valence-electron chi connectivity index (χ0n) is 19.6. The number of hydrogen-bond acceptors (Lipinski definition) is 5. The molecule has 0 unspecified atom stereocenters. The van der Waals surface area contributed by atoms with Crippen molar-refractivity contribution in [2.75, 3.05) is 4.90 Å². The molecule has 0 aromatic heterocycles. The third-order valence-electron chi connectivity index (χ3n) is 6.28. The van der Waals surface area contributed by atoms with Crippen molar-refractivity contribution in [1.82, 2.24) is 5.01 Å². The van der Waals surface area contributed by atoms with E-state index in [4.69, 9.17) is 45.3 Å². The van der Waals surface area contributed by atoms with Gasteiger partial charge >= 0.3 is 0 Å². The first-order valence-electron chi connectivity index (χ1n) is 11.5. The SMILES string of the molecule is Cc1ccc(C2=NN(C(=N)S[C@H]3CC(=O)N(c4ccc(Cl)c(Cl)c4)C3=O)[C@@H](c3ccc(Cl)cc3)C2)cc1. The van der Waals surface area contributed by atoms with Gasteiger partial charge in [0.1, 0.15) is 5.25 Å². The number of benzene rings is 3. The van der Waals surface area contributed by atoms with Crippen LogP contribution in [0.5, 0.6) is 0 Å². The van der Waals surface area contributed by atoms with E-state index in [1.54, 1.807) is 17.1 Å². The fourth-order valence-electron chi connectivity index (χ4n) is 4.34. The molecular weight excluding hydrogens is 551 g/mol. The van der Waals surface area contributed by atoms with E-state index >= 15 is 0 Å². The first-order chi connectivity index (χ1) is 17.7. The topological polar surface area (TPSA) is 76.8 Å². The van der Waals surface area contributed by atoms with Gasteiger partial charge in [-0.3, -0.25) is 15.0 Å². The molecule has 3 aromatic carbocycles. The number of carbonyl (C=O) groups is 2. The zero-order chi connectivity index (χ0) is 26.3. The average Bonchev–Trinajstić information content (AvgIpc) is 3.43. The molecule has 188 valence electrons. The maximum atomic E-state index is 13.2. The molecule has 1 N–H and O–H groups in total. The minimum Gasteiger partial charge on any atom is -0.277 e. The standard InChI is InChI=1S/C27H21Cl3N4O2S/c1-15-2-4-16(5-3-15)22-13-23(17-6-8-18(28)9-7-17)34(32-22)27(31)37-24-14-25(35)33(26(24)36)19-10-11-20(29)21(30)12-19/h2-12,23-24,31H,13-14H2,1H3/t23-,24+/m1/s1. The summed E-state index contributed by atoms with van der Waals surface area (Å²) in [5, 5.41) is 15.8. The fourth-order valence-corrected chi connectivity index (χ4v) is 5.74. The van der Waals surface area contributed by atoms with Crippen LogP contribution in [-0.2, 0) is 9.59 Å². The van der Waals surface area contributed by atoms with Crippen LogP contribution < -0.4 is 4.90 Å². The summed E-state index contributed by atoms with van der Waals surface area (Å²) in [6, 6.07) is 19.9. The Morgan fingerprint density at radius 3 is 2.32 bits per heavy atom. The maximum absolute atomic E-state index is 13.2. The van der Waals surface area contributed by atoms with Crippen molar-refractivity contribution in [1.29, 1.82) is 5.41 Å². The predicted molar refractivity (Wildman–Crippen MR) is 151 cm³/mol. The summed E-state index contributed by atoms with van der Waals surface area (Å²) >= 11 is 19.2. The van der Waals surface area contributed by atoms with Gasteiger partial charge in [0, 0.05) is 17.9 Å². The molecule has 2 amide bonds. The lowest BCUT2D eigenvalue weighted by Crippen LogP contribution is -2.32. The number of amides is 2. The van der Waals surface area contributed by atoms with Crippen LogP contribution in [0.25, 0.3) is 0 Å². The summed E-state index contributed by atoms with van der Waals surface area (Å²) in [6.07, 6.45) is 0.556. The minimum atomic E-state index is -0.751. The molecule has 0 saturated carbocycles. The van der Waals surface area contributed by atoms with Gasteiger partial charge < -0.3 is 0 Å². The van der Waals surface area contributed by atoms with E-state index in [1.807, 2.05) is 55.5 Å². The minimum absolute atomic E-state index is 0.0277. The molecular formula is C27H21Cl3N4O2S. The molecule has 0 radical (unpaired) electrons. The van der Waals surface area contributed by atoms with Gasteiger partial charge in [-0.15, -0.1) is 0 Å². The first kappa shape index (κ1) is 25.8. The highest BCUT2D eigenvalue weighted by atomic mass is 35.5. The molecule has 6 nitrogen and oxygen atoms in total. The second-order valence-electron chi connectivity index (χ2n) is 8.81. The Morgan fingerprint density at radius 1 is 0.946 bits per heavy atom. The summed E-state index contributed by atoms with van der Waals surface area (Å²) < 4.78 is 0. The molecule has 0 aliphatic carbocycles. The third kappa shape index (κ3) is 5.27. The highest BCUT2D eigenvalue weighted by Gasteiger charge is 2.42. The van der Waals surface area contributed by atoms with E-state index in [2.05, 4.69) is 0 Å². The van der Waals surface area contributed by atoms with Crippen LogP contribution in [0.15, 0.2) is 71.8 Å². The van der Waals surface area contributed by atoms with Gasteiger partial charge in [-0.1, -0.05) is 88.5 Å². The van der Waals surface area contributed by atoms with E-state index in [9.17, 15) is 9.59 Å². The molecule has 10 heteroatoms. The number of halogens is 3. The lowest BCUT2D eigenvalue weighted by atomic mass is 9.98. The van der Waals surface area contributed by atoms with Gasteiger partial charge in [-0.05, 0) is 48.4 Å². The van der Waals surface area contributed by atoms with Gasteiger partial charge in [0.25, 0.3) is 0 Å². The largest absolute Gasteiger partial charge is 0.277 e. The monoisotopic (exact) mass is 570 g/mol. The summed E-state index contributed by atoms with van der Waals surface area (Å²) in [4.78, 5) is 27.1. The molecule has 0 spiro atoms. The first-order valence-corrected chi connectivity index (χ1v) is 13.5. The summed E-state index contributed by atoms with van der Waals surface area (Å²) in [5.74, 6) is -0.753. The molecule has 5 rings (SSSR count). The van der Waals surface area contributed by atoms with Gasteiger partial charge in [0.2, 0.25) is 11.8 Å². The molecule has 2 atom stereocenters. The van der Waals surface area contributed by atoms with Crippen molar-refractivity contribution in [2.24, 2.45) is 5.10 Å². The Bertz CT molecular complexity index is 1430. The van der Waals surface area contributed by atoms with Gasteiger partial charge in [-0.25, -0.2) is 9.91 Å². The number of amidine groups is 1. The molecule has 2 aliphatic rings. The number of imide groups is 1. The second kappa shape index (κ2) is 10.5. The Balaban J connectivity index is 1.40. The normalized spacial score (nSPS) is 19.5.